The smallest absolute Gasteiger partial charge is 0.407 e. The van der Waals surface area contributed by atoms with Gasteiger partial charge < -0.3 is 24.3 Å². The van der Waals surface area contributed by atoms with E-state index >= 15 is 0 Å². The Kier molecular flexibility index (Phi) is 11.9. The average molecular weight is 698 g/mol. The first-order valence-electron chi connectivity index (χ1n) is 16.9. The zero-order chi connectivity index (χ0) is 34.7. The number of nitrogens with zero attached hydrogens (tertiary/aromatic N) is 4. The van der Waals surface area contributed by atoms with Gasteiger partial charge in [0.1, 0.15) is 35.6 Å². The Balaban J connectivity index is 1.14. The molecule has 1 aliphatic rings. The van der Waals surface area contributed by atoms with E-state index in [0.29, 0.717) is 42.5 Å². The number of fused-ring (bicyclic) bond motifs is 1. The molecule has 1 saturated heterocycles. The molecular weight excluding hydrogens is 658 g/mol. The second-order valence-corrected chi connectivity index (χ2v) is 12.5. The maximum atomic E-state index is 12.5. The lowest BCUT2D eigenvalue weighted by molar-refractivity contribution is -0.144. The monoisotopic (exact) mass is 697 g/mol. The van der Waals surface area contributed by atoms with Gasteiger partial charge in [0.2, 0.25) is 0 Å². The van der Waals surface area contributed by atoms with Crippen LogP contribution in [0, 0.1) is 0 Å². The molecule has 1 amide bonds. The van der Waals surface area contributed by atoms with Crippen molar-refractivity contribution in [3.05, 3.63) is 107 Å². The summed E-state index contributed by atoms with van der Waals surface area (Å²) in [6.45, 7) is 3.41. The number of aryl methyl sites for hydroxylation is 1. The fourth-order valence-electron chi connectivity index (χ4n) is 5.68. The lowest BCUT2D eigenvalue weighted by Crippen LogP contribution is -2.28. The summed E-state index contributed by atoms with van der Waals surface area (Å²) in [5.74, 6) is 0.707. The Morgan fingerprint density at radius 2 is 1.70 bits per heavy atom. The standard InChI is InChI=1S/C38H40ClN5O6/c1-26(19-20-40-38(46)49-25-28-12-6-3-7-13-28)50-29-15-16-32-30(22-29)37(43-44(32)35-14-8-9-21-47-35)31-23-33(39)42-34(41-31)17-18-36(45)48-24-27-10-4-2-5-11-27/h2-7,10-13,15-16,22-23,26,35H,8-9,14,17-21,24-25H2,1H3,(H,40,46)/t26-,35?/m1/s1. The van der Waals surface area contributed by atoms with Crippen molar-refractivity contribution in [2.75, 3.05) is 13.2 Å². The van der Waals surface area contributed by atoms with E-state index in [9.17, 15) is 9.59 Å². The normalized spacial score (nSPS) is 15.0. The van der Waals surface area contributed by atoms with Crippen LogP contribution in [-0.2, 0) is 38.6 Å². The molecule has 1 fully saturated rings. The van der Waals surface area contributed by atoms with Crippen LogP contribution in [0.5, 0.6) is 5.75 Å². The van der Waals surface area contributed by atoms with Crippen molar-refractivity contribution in [2.45, 2.75) is 71.0 Å². The number of aromatic nitrogens is 4. The lowest BCUT2D eigenvalue weighted by atomic mass is 10.1. The van der Waals surface area contributed by atoms with Crippen LogP contribution >= 0.6 is 11.6 Å². The molecule has 1 aliphatic heterocycles. The van der Waals surface area contributed by atoms with E-state index in [1.165, 1.54) is 0 Å². The minimum atomic E-state index is -0.476. The number of esters is 1. The highest BCUT2D eigenvalue weighted by Gasteiger charge is 2.24. The molecule has 0 radical (unpaired) electrons. The first-order chi connectivity index (χ1) is 24.4. The van der Waals surface area contributed by atoms with Gasteiger partial charge in [-0.15, -0.1) is 0 Å². The molecule has 50 heavy (non-hydrogen) atoms. The summed E-state index contributed by atoms with van der Waals surface area (Å²) in [4.78, 5) is 33.8. The predicted molar refractivity (Wildman–Crippen MR) is 189 cm³/mol. The highest BCUT2D eigenvalue weighted by Crippen LogP contribution is 2.35. The van der Waals surface area contributed by atoms with Crippen LogP contribution in [0.4, 0.5) is 4.79 Å². The third-order valence-corrected chi connectivity index (χ3v) is 8.45. The highest BCUT2D eigenvalue weighted by molar-refractivity contribution is 6.29. The Bertz CT molecular complexity index is 1880. The molecule has 5 aromatic rings. The van der Waals surface area contributed by atoms with E-state index in [0.717, 1.165) is 41.3 Å². The molecule has 2 aromatic heterocycles. The molecule has 1 unspecified atom stereocenters. The van der Waals surface area contributed by atoms with Gasteiger partial charge in [-0.05, 0) is 55.5 Å². The average Bonchev–Trinajstić information content (AvgIpc) is 3.52. The Labute approximate surface area is 295 Å². The molecule has 3 aromatic carbocycles. The number of alkyl carbamates (subject to hydrolysis) is 1. The van der Waals surface area contributed by atoms with E-state index in [-0.39, 0.29) is 49.5 Å². The number of carbonyl (C=O) groups is 2. The van der Waals surface area contributed by atoms with E-state index < -0.39 is 6.09 Å². The van der Waals surface area contributed by atoms with Gasteiger partial charge in [-0.2, -0.15) is 5.10 Å². The number of hydrogen-bond acceptors (Lipinski definition) is 9. The second kappa shape index (κ2) is 17.1. The lowest BCUT2D eigenvalue weighted by Gasteiger charge is -2.23. The number of hydrogen-bond donors (Lipinski definition) is 1. The van der Waals surface area contributed by atoms with Crippen LogP contribution in [0.15, 0.2) is 84.9 Å². The van der Waals surface area contributed by atoms with Gasteiger partial charge in [0.15, 0.2) is 6.23 Å². The van der Waals surface area contributed by atoms with Crippen LogP contribution in [-0.4, -0.2) is 51.1 Å². The highest BCUT2D eigenvalue weighted by atomic mass is 35.5. The first-order valence-corrected chi connectivity index (χ1v) is 17.3. The molecular formula is C38H40ClN5O6. The number of carbonyl (C=O) groups excluding carboxylic acids is 2. The topological polar surface area (TPSA) is 127 Å². The molecule has 2 atom stereocenters. The van der Waals surface area contributed by atoms with Crippen molar-refractivity contribution in [1.82, 2.24) is 25.1 Å². The van der Waals surface area contributed by atoms with Crippen LogP contribution in [0.1, 0.15) is 62.2 Å². The summed E-state index contributed by atoms with van der Waals surface area (Å²) >= 11 is 6.49. The van der Waals surface area contributed by atoms with E-state index in [1.54, 1.807) is 6.07 Å². The van der Waals surface area contributed by atoms with Crippen LogP contribution in [0.25, 0.3) is 22.3 Å². The van der Waals surface area contributed by atoms with Crippen LogP contribution < -0.4 is 10.1 Å². The maximum absolute atomic E-state index is 12.5. The van der Waals surface area contributed by atoms with Crippen LogP contribution in [0.3, 0.4) is 0 Å². The van der Waals surface area contributed by atoms with E-state index in [4.69, 9.17) is 40.6 Å². The third-order valence-electron chi connectivity index (χ3n) is 8.26. The number of benzene rings is 3. The second-order valence-electron chi connectivity index (χ2n) is 12.1. The van der Waals surface area contributed by atoms with Crippen molar-refractivity contribution in [3.63, 3.8) is 0 Å². The molecule has 1 N–H and O–H groups in total. The predicted octanol–water partition coefficient (Wildman–Crippen LogP) is 7.61. The number of amides is 1. The van der Waals surface area contributed by atoms with E-state index in [1.807, 2.05) is 90.5 Å². The van der Waals surface area contributed by atoms with Crippen molar-refractivity contribution in [3.8, 4) is 17.1 Å². The SMILES string of the molecule is C[C@H](CCNC(=O)OCc1ccccc1)Oc1ccc2c(c1)c(-c1cc(Cl)nc(CCC(=O)OCc3ccccc3)n1)nn2C1CCCCO1. The Morgan fingerprint density at radius 3 is 2.42 bits per heavy atom. The largest absolute Gasteiger partial charge is 0.491 e. The van der Waals surface area contributed by atoms with Crippen molar-refractivity contribution < 1.29 is 28.5 Å². The van der Waals surface area contributed by atoms with Crippen molar-refractivity contribution in [1.29, 1.82) is 0 Å². The molecule has 260 valence electrons. The quantitative estimate of drug-likeness (QED) is 0.0922. The van der Waals surface area contributed by atoms with Crippen molar-refractivity contribution >= 4 is 34.6 Å². The van der Waals surface area contributed by atoms with Gasteiger partial charge in [-0.25, -0.2) is 19.4 Å². The number of ether oxygens (including phenoxy) is 4. The van der Waals surface area contributed by atoms with Gasteiger partial charge in [-0.1, -0.05) is 72.3 Å². The summed E-state index contributed by atoms with van der Waals surface area (Å²) < 4.78 is 25.0. The van der Waals surface area contributed by atoms with Gasteiger partial charge in [0.25, 0.3) is 0 Å². The fourth-order valence-corrected chi connectivity index (χ4v) is 5.88. The number of rotatable bonds is 14. The van der Waals surface area contributed by atoms with Gasteiger partial charge in [0.05, 0.1) is 23.7 Å². The molecule has 3 heterocycles. The Morgan fingerprint density at radius 1 is 0.960 bits per heavy atom. The first kappa shape index (κ1) is 34.8. The zero-order valence-electron chi connectivity index (χ0n) is 27.9. The summed E-state index contributed by atoms with van der Waals surface area (Å²) in [6, 6.07) is 26.5. The zero-order valence-corrected chi connectivity index (χ0v) is 28.7. The number of halogens is 1. The van der Waals surface area contributed by atoms with Gasteiger partial charge >= 0.3 is 12.1 Å². The van der Waals surface area contributed by atoms with Gasteiger partial charge in [0, 0.05) is 37.4 Å². The Hall–Kier alpha value is -5.00. The summed E-state index contributed by atoms with van der Waals surface area (Å²) in [7, 11) is 0. The summed E-state index contributed by atoms with van der Waals surface area (Å²) in [5.41, 5.74) is 3.84. The molecule has 11 nitrogen and oxygen atoms in total. The molecule has 0 saturated carbocycles. The van der Waals surface area contributed by atoms with Crippen molar-refractivity contribution in [2.24, 2.45) is 0 Å². The molecule has 0 aliphatic carbocycles. The van der Waals surface area contributed by atoms with E-state index in [2.05, 4.69) is 10.3 Å². The third kappa shape index (κ3) is 9.58. The minimum absolute atomic E-state index is 0.104. The van der Waals surface area contributed by atoms with Gasteiger partial charge in [-0.3, -0.25) is 4.79 Å². The maximum Gasteiger partial charge on any atom is 0.407 e. The summed E-state index contributed by atoms with van der Waals surface area (Å²) in [5, 5.41) is 8.83. The summed E-state index contributed by atoms with van der Waals surface area (Å²) in [6.07, 6.45) is 2.92. The fraction of sp³-hybridized carbons (Fsp3) is 0.342. The van der Waals surface area contributed by atoms with Crippen LogP contribution in [0.2, 0.25) is 5.15 Å². The molecule has 6 rings (SSSR count). The molecule has 0 spiro atoms. The minimum Gasteiger partial charge on any atom is -0.491 e. The number of nitrogens with one attached hydrogen (secondary N) is 1. The molecule has 12 heteroatoms. The molecule has 0 bridgehead atoms.